The number of imide groups is 1. The molecule has 2 aromatic carbocycles. The maximum atomic E-state index is 13.3. The Hall–Kier alpha value is -4.49. The lowest BCUT2D eigenvalue weighted by Crippen LogP contribution is -2.23. The number of aromatic nitrogens is 3. The molecule has 35 heavy (non-hydrogen) atoms. The van der Waals surface area contributed by atoms with Gasteiger partial charge in [0.15, 0.2) is 0 Å². The zero-order chi connectivity index (χ0) is 24.1. The molecule has 0 saturated heterocycles. The van der Waals surface area contributed by atoms with Crippen molar-refractivity contribution in [1.29, 1.82) is 0 Å². The lowest BCUT2D eigenvalue weighted by Gasteiger charge is -2.09. The van der Waals surface area contributed by atoms with E-state index in [-0.39, 0.29) is 0 Å². The molecule has 5 N–H and O–H groups in total. The van der Waals surface area contributed by atoms with Gasteiger partial charge in [0.1, 0.15) is 0 Å². The summed E-state index contributed by atoms with van der Waals surface area (Å²) in [5.74, 6) is -0.790. The van der Waals surface area contributed by atoms with Gasteiger partial charge in [0.25, 0.3) is 11.8 Å². The van der Waals surface area contributed by atoms with Crippen LogP contribution in [0.3, 0.4) is 0 Å². The van der Waals surface area contributed by atoms with Crippen molar-refractivity contribution < 1.29 is 9.59 Å². The van der Waals surface area contributed by atoms with Crippen molar-refractivity contribution in [1.82, 2.24) is 20.3 Å². The first-order chi connectivity index (χ1) is 17.0. The number of aromatic amines is 2. The van der Waals surface area contributed by atoms with Crippen LogP contribution in [0.4, 0.5) is 0 Å². The third kappa shape index (κ3) is 3.36. The monoisotopic (exact) mass is 461 g/mol. The summed E-state index contributed by atoms with van der Waals surface area (Å²) in [6, 6.07) is 21.4. The highest BCUT2D eigenvalue weighted by Gasteiger charge is 2.36. The number of hydrogen-bond acceptors (Lipinski definition) is 4. The summed E-state index contributed by atoms with van der Waals surface area (Å²) in [5, 5.41) is 4.33. The van der Waals surface area contributed by atoms with Crippen molar-refractivity contribution in [2.75, 3.05) is 0 Å². The number of nitrogens with two attached hydrogens (primary N) is 1. The topological polar surface area (TPSA) is 117 Å². The first-order valence-corrected chi connectivity index (χ1v) is 11.5. The standard InChI is InChI=1S/C28H23N5O2/c1-15-23(18-9-2-4-11-20(18)30-15)25-26(28(35)33-27(25)34)24-19-10-3-5-12-21(19)32-22(24)13-16-7-6-8-17(14-29)31-16/h2-12,30,32H,13-14,29H2,1H3,(H,33,34,35). The molecule has 172 valence electrons. The minimum atomic E-state index is -0.399. The number of carbonyl (C=O) groups is 2. The van der Waals surface area contributed by atoms with E-state index < -0.39 is 11.8 Å². The molecule has 0 saturated carbocycles. The highest BCUT2D eigenvalue weighted by Crippen LogP contribution is 2.40. The summed E-state index contributed by atoms with van der Waals surface area (Å²) >= 11 is 0. The molecule has 1 aliphatic rings. The van der Waals surface area contributed by atoms with Crippen LogP contribution in [0, 0.1) is 6.92 Å². The van der Waals surface area contributed by atoms with E-state index >= 15 is 0 Å². The van der Waals surface area contributed by atoms with Crippen LogP contribution >= 0.6 is 0 Å². The van der Waals surface area contributed by atoms with Gasteiger partial charge in [-0.05, 0) is 31.2 Å². The van der Waals surface area contributed by atoms with E-state index in [1.807, 2.05) is 73.7 Å². The largest absolute Gasteiger partial charge is 0.358 e. The molecule has 0 spiro atoms. The molecule has 0 bridgehead atoms. The summed E-state index contributed by atoms with van der Waals surface area (Å²) in [7, 11) is 0. The second-order valence-corrected chi connectivity index (χ2v) is 8.73. The second-order valence-electron chi connectivity index (χ2n) is 8.73. The zero-order valence-corrected chi connectivity index (χ0v) is 19.1. The molecular formula is C28H23N5O2. The molecule has 0 radical (unpaired) electrons. The van der Waals surface area contributed by atoms with E-state index in [0.29, 0.717) is 24.1 Å². The first kappa shape index (κ1) is 21.1. The molecular weight excluding hydrogens is 438 g/mol. The molecule has 0 atom stereocenters. The first-order valence-electron chi connectivity index (χ1n) is 11.5. The van der Waals surface area contributed by atoms with Crippen molar-refractivity contribution in [2.24, 2.45) is 5.73 Å². The van der Waals surface area contributed by atoms with Crippen LogP contribution in [0.5, 0.6) is 0 Å². The van der Waals surface area contributed by atoms with Gasteiger partial charge in [-0.25, -0.2) is 0 Å². The van der Waals surface area contributed by atoms with Gasteiger partial charge < -0.3 is 15.7 Å². The van der Waals surface area contributed by atoms with Gasteiger partial charge >= 0.3 is 0 Å². The van der Waals surface area contributed by atoms with Crippen LogP contribution < -0.4 is 11.1 Å². The fourth-order valence-electron chi connectivity index (χ4n) is 5.07. The third-order valence-electron chi connectivity index (χ3n) is 6.54. The van der Waals surface area contributed by atoms with Gasteiger partial charge in [0.2, 0.25) is 0 Å². The van der Waals surface area contributed by atoms with E-state index in [0.717, 1.165) is 55.7 Å². The normalized spacial score (nSPS) is 13.9. The molecule has 2 amide bonds. The maximum Gasteiger partial charge on any atom is 0.259 e. The molecule has 0 fully saturated rings. The second kappa shape index (κ2) is 8.07. The number of carbonyl (C=O) groups excluding carboxylic acids is 2. The Balaban J connectivity index is 1.64. The average Bonchev–Trinajstić information content (AvgIpc) is 3.47. The van der Waals surface area contributed by atoms with Gasteiger partial charge in [0, 0.05) is 63.0 Å². The predicted molar refractivity (Wildman–Crippen MR) is 136 cm³/mol. The Morgan fingerprint density at radius 3 is 2.06 bits per heavy atom. The average molecular weight is 462 g/mol. The number of para-hydroxylation sites is 2. The fourth-order valence-corrected chi connectivity index (χ4v) is 5.07. The van der Waals surface area contributed by atoms with Gasteiger partial charge in [-0.2, -0.15) is 0 Å². The Kier molecular flexibility index (Phi) is 4.86. The highest BCUT2D eigenvalue weighted by molar-refractivity contribution is 6.51. The number of aryl methyl sites for hydroxylation is 1. The lowest BCUT2D eigenvalue weighted by atomic mass is 9.92. The molecule has 5 aromatic rings. The molecule has 4 heterocycles. The number of fused-ring (bicyclic) bond motifs is 2. The summed E-state index contributed by atoms with van der Waals surface area (Å²) in [5.41, 5.74) is 13.1. The van der Waals surface area contributed by atoms with Gasteiger partial charge in [-0.3, -0.25) is 19.9 Å². The van der Waals surface area contributed by atoms with Crippen molar-refractivity contribution in [3.05, 3.63) is 101 Å². The minimum absolute atomic E-state index is 0.347. The lowest BCUT2D eigenvalue weighted by molar-refractivity contribution is -0.122. The van der Waals surface area contributed by atoms with E-state index in [4.69, 9.17) is 5.73 Å². The van der Waals surface area contributed by atoms with E-state index in [9.17, 15) is 9.59 Å². The van der Waals surface area contributed by atoms with Gasteiger partial charge in [-0.15, -0.1) is 0 Å². The number of rotatable bonds is 5. The van der Waals surface area contributed by atoms with Gasteiger partial charge in [-0.1, -0.05) is 42.5 Å². The van der Waals surface area contributed by atoms with E-state index in [2.05, 4.69) is 20.3 Å². The van der Waals surface area contributed by atoms with Crippen LogP contribution in [0.1, 0.15) is 33.9 Å². The Labute approximate surface area is 201 Å². The Bertz CT molecular complexity index is 1690. The van der Waals surface area contributed by atoms with Crippen LogP contribution in [0.25, 0.3) is 33.0 Å². The summed E-state index contributed by atoms with van der Waals surface area (Å²) < 4.78 is 0. The van der Waals surface area contributed by atoms with Crippen LogP contribution in [-0.4, -0.2) is 26.8 Å². The van der Waals surface area contributed by atoms with E-state index in [1.54, 1.807) is 0 Å². The number of benzene rings is 2. The van der Waals surface area contributed by atoms with Crippen LogP contribution in [0.2, 0.25) is 0 Å². The number of H-pyrrole nitrogens is 2. The van der Waals surface area contributed by atoms with Gasteiger partial charge in [0.05, 0.1) is 16.8 Å². The summed E-state index contributed by atoms with van der Waals surface area (Å²) in [4.78, 5) is 38.1. The SMILES string of the molecule is Cc1[nH]c2ccccc2c1C1=C(c2c(Cc3cccc(CN)n3)[nH]c3ccccc23)C(=O)NC1=O. The number of amides is 2. The van der Waals surface area contributed by atoms with Crippen molar-refractivity contribution in [3.8, 4) is 0 Å². The van der Waals surface area contributed by atoms with Crippen molar-refractivity contribution >= 4 is 44.8 Å². The smallest absolute Gasteiger partial charge is 0.259 e. The third-order valence-corrected chi connectivity index (χ3v) is 6.54. The molecule has 7 heteroatoms. The number of nitrogens with zero attached hydrogens (tertiary/aromatic N) is 1. The van der Waals surface area contributed by atoms with Crippen LogP contribution in [-0.2, 0) is 22.6 Å². The van der Waals surface area contributed by atoms with E-state index in [1.165, 1.54) is 0 Å². The quantitative estimate of drug-likeness (QED) is 0.296. The number of hydrogen-bond donors (Lipinski definition) is 4. The molecule has 7 nitrogen and oxygen atoms in total. The Morgan fingerprint density at radius 2 is 1.34 bits per heavy atom. The molecule has 0 unspecified atom stereocenters. The van der Waals surface area contributed by atoms with Crippen LogP contribution in [0.15, 0.2) is 66.7 Å². The summed E-state index contributed by atoms with van der Waals surface area (Å²) in [6.07, 6.45) is 0.461. The molecule has 0 aliphatic carbocycles. The minimum Gasteiger partial charge on any atom is -0.358 e. The Morgan fingerprint density at radius 1 is 0.743 bits per heavy atom. The van der Waals surface area contributed by atoms with Crippen molar-refractivity contribution in [3.63, 3.8) is 0 Å². The van der Waals surface area contributed by atoms with Crippen molar-refractivity contribution in [2.45, 2.75) is 19.9 Å². The maximum absolute atomic E-state index is 13.3. The fraction of sp³-hybridized carbons (Fsp3) is 0.107. The predicted octanol–water partition coefficient (Wildman–Crippen LogP) is 3.97. The molecule has 3 aromatic heterocycles. The number of pyridine rings is 1. The zero-order valence-electron chi connectivity index (χ0n) is 19.1. The molecule has 1 aliphatic heterocycles. The molecule has 6 rings (SSSR count). The number of nitrogens with one attached hydrogen (secondary N) is 3. The summed E-state index contributed by atoms with van der Waals surface area (Å²) in [6.45, 7) is 2.27. The highest BCUT2D eigenvalue weighted by atomic mass is 16.2.